The van der Waals surface area contributed by atoms with Crippen molar-refractivity contribution in [3.05, 3.63) is 142 Å². The lowest BCUT2D eigenvalue weighted by Crippen LogP contribution is -2.20. The van der Waals surface area contributed by atoms with E-state index >= 15 is 0 Å². The van der Waals surface area contributed by atoms with Gasteiger partial charge in [-0.25, -0.2) is 19.9 Å². The maximum Gasteiger partial charge on any atom is 0.157 e. The van der Waals surface area contributed by atoms with Gasteiger partial charge in [-0.3, -0.25) is 0 Å². The van der Waals surface area contributed by atoms with Gasteiger partial charge in [-0.2, -0.15) is 0 Å². The fourth-order valence-electron chi connectivity index (χ4n) is 5.91. The second-order valence-corrected chi connectivity index (χ2v) is 14.8. The Labute approximate surface area is 353 Å². The van der Waals surface area contributed by atoms with Crippen molar-refractivity contribution in [1.29, 1.82) is 0 Å². The molecule has 0 aliphatic rings. The van der Waals surface area contributed by atoms with Gasteiger partial charge in [-0.1, -0.05) is 24.3 Å². The SMILES string of the molecule is COc1ccc(CNCCOc2ccc(-c3nc4cc(Br)cnc4[nH]3)cc2)cc1.COc1cccc(CNCCOc2ccc(-c3nc4cc(Br)cnc4[nH]3)cc2)c1. The number of aromatic nitrogens is 6. The van der Waals surface area contributed by atoms with Crippen LogP contribution in [0.1, 0.15) is 11.1 Å². The molecule has 4 aromatic heterocycles. The topological polar surface area (TPSA) is 144 Å². The fourth-order valence-corrected chi connectivity index (χ4v) is 6.54. The second kappa shape index (κ2) is 20.1. The third-order valence-electron chi connectivity index (χ3n) is 8.91. The Hall–Kier alpha value is -5.80. The molecule has 4 N–H and O–H groups in total. The normalized spacial score (nSPS) is 11.0. The van der Waals surface area contributed by atoms with E-state index in [1.54, 1.807) is 26.6 Å². The number of benzene rings is 4. The van der Waals surface area contributed by atoms with Crippen LogP contribution in [0.25, 0.3) is 45.1 Å². The number of nitrogens with one attached hydrogen (secondary N) is 4. The van der Waals surface area contributed by atoms with Gasteiger partial charge in [0.1, 0.15) is 58.9 Å². The van der Waals surface area contributed by atoms with Crippen LogP contribution in [-0.4, -0.2) is 70.4 Å². The van der Waals surface area contributed by atoms with Gasteiger partial charge in [0.2, 0.25) is 0 Å². The summed E-state index contributed by atoms with van der Waals surface area (Å²) >= 11 is 6.84. The van der Waals surface area contributed by atoms with Gasteiger partial charge in [-0.15, -0.1) is 0 Å². The molecule has 0 saturated heterocycles. The van der Waals surface area contributed by atoms with Crippen LogP contribution in [0.5, 0.6) is 23.0 Å². The highest BCUT2D eigenvalue weighted by Crippen LogP contribution is 2.25. The van der Waals surface area contributed by atoms with Crippen LogP contribution in [0, 0.1) is 0 Å². The summed E-state index contributed by atoms with van der Waals surface area (Å²) in [5, 5.41) is 6.75. The molecule has 8 rings (SSSR count). The van der Waals surface area contributed by atoms with Crippen LogP contribution in [0.3, 0.4) is 0 Å². The summed E-state index contributed by atoms with van der Waals surface area (Å²) in [5.74, 6) is 4.97. The Morgan fingerprint density at radius 3 is 1.52 bits per heavy atom. The minimum atomic E-state index is 0.589. The summed E-state index contributed by atoms with van der Waals surface area (Å²) < 4.78 is 23.9. The molecule has 0 aliphatic carbocycles. The molecule has 14 heteroatoms. The molecule has 296 valence electrons. The van der Waals surface area contributed by atoms with Crippen LogP contribution < -0.4 is 29.6 Å². The molecule has 4 heterocycles. The van der Waals surface area contributed by atoms with E-state index in [1.807, 2.05) is 91.0 Å². The van der Waals surface area contributed by atoms with Gasteiger partial charge in [0, 0.05) is 58.6 Å². The van der Waals surface area contributed by atoms with Gasteiger partial charge < -0.3 is 39.5 Å². The number of pyridine rings is 2. The summed E-state index contributed by atoms with van der Waals surface area (Å²) in [7, 11) is 3.35. The third-order valence-corrected chi connectivity index (χ3v) is 9.78. The number of halogens is 2. The predicted octanol–water partition coefficient (Wildman–Crippen LogP) is 9.13. The number of aromatic amines is 2. The van der Waals surface area contributed by atoms with Crippen LogP contribution in [0.15, 0.2) is 131 Å². The van der Waals surface area contributed by atoms with Crippen molar-refractivity contribution in [2.75, 3.05) is 40.5 Å². The molecular formula is C44H42Br2N8O4. The third kappa shape index (κ3) is 11.2. The number of methoxy groups -OCH3 is 2. The summed E-state index contributed by atoms with van der Waals surface area (Å²) in [5.41, 5.74) is 7.57. The molecule has 0 saturated carbocycles. The van der Waals surface area contributed by atoms with Crippen molar-refractivity contribution in [1.82, 2.24) is 40.5 Å². The molecule has 12 nitrogen and oxygen atoms in total. The van der Waals surface area contributed by atoms with E-state index in [0.717, 1.165) is 103 Å². The first-order valence-corrected chi connectivity index (χ1v) is 20.2. The Bertz CT molecular complexity index is 2530. The number of hydrogen-bond donors (Lipinski definition) is 4. The van der Waals surface area contributed by atoms with E-state index in [4.69, 9.17) is 18.9 Å². The van der Waals surface area contributed by atoms with Crippen LogP contribution >= 0.6 is 31.9 Å². The quantitative estimate of drug-likeness (QED) is 0.0694. The van der Waals surface area contributed by atoms with E-state index < -0.39 is 0 Å². The minimum absolute atomic E-state index is 0.589. The lowest BCUT2D eigenvalue weighted by molar-refractivity contribution is 0.313. The first-order chi connectivity index (χ1) is 28.4. The summed E-state index contributed by atoms with van der Waals surface area (Å²) in [6.07, 6.45) is 3.51. The van der Waals surface area contributed by atoms with Crippen molar-refractivity contribution >= 4 is 54.2 Å². The van der Waals surface area contributed by atoms with E-state index in [2.05, 4.69) is 90.6 Å². The Morgan fingerprint density at radius 1 is 0.534 bits per heavy atom. The molecule has 0 amide bonds. The molecule has 4 aromatic carbocycles. The van der Waals surface area contributed by atoms with Crippen LogP contribution in [-0.2, 0) is 13.1 Å². The summed E-state index contributed by atoms with van der Waals surface area (Å²) in [4.78, 5) is 24.3. The number of imidazole rings is 2. The molecule has 0 radical (unpaired) electrons. The Morgan fingerprint density at radius 2 is 1.02 bits per heavy atom. The van der Waals surface area contributed by atoms with Crippen molar-refractivity contribution < 1.29 is 18.9 Å². The number of hydrogen-bond acceptors (Lipinski definition) is 10. The highest BCUT2D eigenvalue weighted by molar-refractivity contribution is 9.10. The summed E-state index contributed by atoms with van der Waals surface area (Å²) in [6.45, 7) is 4.27. The largest absolute Gasteiger partial charge is 0.497 e. The van der Waals surface area contributed by atoms with Gasteiger partial charge in [0.15, 0.2) is 11.3 Å². The standard InChI is InChI=1S/2C22H21BrN4O2/c1-28-18-6-2-15(3-7-18)13-24-10-11-29-19-8-4-16(5-9-19)21-26-20-12-17(23)14-25-22(20)27-21;1-28-19-4-2-3-15(11-19)13-24-9-10-29-18-7-5-16(6-8-18)21-26-20-12-17(23)14-25-22(20)27-21/h2-9,12,14,24H,10-11,13H2,1H3,(H,25,26,27);2-8,11-12,14,24H,9-10,13H2,1H3,(H,25,26,27). The number of ether oxygens (including phenoxy) is 4. The Balaban J connectivity index is 0.000000177. The van der Waals surface area contributed by atoms with Crippen molar-refractivity contribution in [2.24, 2.45) is 0 Å². The number of fused-ring (bicyclic) bond motifs is 2. The van der Waals surface area contributed by atoms with Gasteiger partial charge in [-0.05, 0) is 128 Å². The number of nitrogens with zero attached hydrogens (tertiary/aromatic N) is 4. The molecular weight excluding hydrogens is 864 g/mol. The highest BCUT2D eigenvalue weighted by atomic mass is 79.9. The average Bonchev–Trinajstić information content (AvgIpc) is 3.88. The first kappa shape index (κ1) is 40.4. The van der Waals surface area contributed by atoms with E-state index in [0.29, 0.717) is 13.2 Å². The van der Waals surface area contributed by atoms with Crippen LogP contribution in [0.2, 0.25) is 0 Å². The van der Waals surface area contributed by atoms with E-state index in [9.17, 15) is 0 Å². The zero-order chi connectivity index (χ0) is 40.1. The molecule has 0 bridgehead atoms. The number of rotatable bonds is 16. The van der Waals surface area contributed by atoms with Gasteiger partial charge in [0.25, 0.3) is 0 Å². The lowest BCUT2D eigenvalue weighted by atomic mass is 10.2. The van der Waals surface area contributed by atoms with Crippen LogP contribution in [0.4, 0.5) is 0 Å². The molecule has 0 unspecified atom stereocenters. The highest BCUT2D eigenvalue weighted by Gasteiger charge is 2.09. The zero-order valence-electron chi connectivity index (χ0n) is 32.0. The molecule has 58 heavy (non-hydrogen) atoms. The van der Waals surface area contributed by atoms with Crippen molar-refractivity contribution in [3.63, 3.8) is 0 Å². The monoisotopic (exact) mass is 904 g/mol. The van der Waals surface area contributed by atoms with Gasteiger partial charge >= 0.3 is 0 Å². The number of H-pyrrole nitrogens is 2. The molecule has 0 fully saturated rings. The average molecular weight is 907 g/mol. The van der Waals surface area contributed by atoms with E-state index in [-0.39, 0.29) is 0 Å². The zero-order valence-corrected chi connectivity index (χ0v) is 35.1. The second-order valence-electron chi connectivity index (χ2n) is 13.0. The van der Waals surface area contributed by atoms with Crippen molar-refractivity contribution in [2.45, 2.75) is 13.1 Å². The Kier molecular flexibility index (Phi) is 14.0. The molecule has 0 aliphatic heterocycles. The predicted molar refractivity (Wildman–Crippen MR) is 234 cm³/mol. The maximum absolute atomic E-state index is 5.82. The summed E-state index contributed by atoms with van der Waals surface area (Å²) in [6, 6.07) is 35.7. The minimum Gasteiger partial charge on any atom is -0.497 e. The molecule has 0 atom stereocenters. The van der Waals surface area contributed by atoms with Gasteiger partial charge in [0.05, 0.1) is 14.2 Å². The first-order valence-electron chi connectivity index (χ1n) is 18.6. The smallest absolute Gasteiger partial charge is 0.157 e. The van der Waals surface area contributed by atoms with Crippen molar-refractivity contribution in [3.8, 4) is 45.8 Å². The molecule has 8 aromatic rings. The molecule has 0 spiro atoms. The maximum atomic E-state index is 5.82. The fraction of sp³-hybridized carbons (Fsp3) is 0.182. The lowest BCUT2D eigenvalue weighted by Gasteiger charge is -2.09. The van der Waals surface area contributed by atoms with E-state index in [1.165, 1.54) is 11.1 Å².